The van der Waals surface area contributed by atoms with E-state index < -0.39 is 0 Å². The molecule has 0 spiro atoms. The molecule has 1 fully saturated rings. The number of carbonyl (C=O) groups is 1. The van der Waals surface area contributed by atoms with Gasteiger partial charge in [-0.05, 0) is 44.0 Å². The number of nitrogens with one attached hydrogen (secondary N) is 2. The van der Waals surface area contributed by atoms with Crippen molar-refractivity contribution in [3.63, 3.8) is 0 Å². The molecule has 1 aromatic rings. The highest BCUT2D eigenvalue weighted by Gasteiger charge is 2.22. The standard InChI is InChI=1S/C12H15FN2O/c1-8-4-5-10(9(13)7-8)15-12(16)11-3-2-6-14-11/h4-5,7,11,14H,2-3,6H2,1H3,(H,15,16)/t11-/m0/s1. The third-order valence-corrected chi connectivity index (χ3v) is 2.76. The molecule has 16 heavy (non-hydrogen) atoms. The van der Waals surface area contributed by atoms with Gasteiger partial charge < -0.3 is 10.6 Å². The average molecular weight is 222 g/mol. The molecule has 1 aromatic carbocycles. The molecule has 1 atom stereocenters. The third-order valence-electron chi connectivity index (χ3n) is 2.76. The molecule has 0 radical (unpaired) electrons. The summed E-state index contributed by atoms with van der Waals surface area (Å²) in [5.74, 6) is -0.536. The van der Waals surface area contributed by atoms with Crippen LogP contribution in [-0.4, -0.2) is 18.5 Å². The predicted molar refractivity (Wildman–Crippen MR) is 60.8 cm³/mol. The average Bonchev–Trinajstić information content (AvgIpc) is 2.75. The van der Waals surface area contributed by atoms with Gasteiger partial charge in [-0.1, -0.05) is 6.07 Å². The van der Waals surface area contributed by atoms with Crippen LogP contribution in [0.3, 0.4) is 0 Å². The summed E-state index contributed by atoms with van der Waals surface area (Å²) in [5, 5.41) is 5.68. The maximum Gasteiger partial charge on any atom is 0.241 e. The highest BCUT2D eigenvalue weighted by molar-refractivity contribution is 5.95. The molecule has 1 saturated heterocycles. The van der Waals surface area contributed by atoms with Gasteiger partial charge in [-0.15, -0.1) is 0 Å². The minimum Gasteiger partial charge on any atom is -0.322 e. The van der Waals surface area contributed by atoms with Crippen LogP contribution in [0, 0.1) is 12.7 Å². The van der Waals surface area contributed by atoms with E-state index in [1.165, 1.54) is 6.07 Å². The molecule has 0 unspecified atom stereocenters. The largest absolute Gasteiger partial charge is 0.322 e. The Balaban J connectivity index is 2.05. The lowest BCUT2D eigenvalue weighted by molar-refractivity contribution is -0.117. The van der Waals surface area contributed by atoms with Gasteiger partial charge in [0.25, 0.3) is 0 Å². The van der Waals surface area contributed by atoms with Crippen LogP contribution in [-0.2, 0) is 4.79 Å². The molecule has 0 bridgehead atoms. The third kappa shape index (κ3) is 2.39. The van der Waals surface area contributed by atoms with Gasteiger partial charge >= 0.3 is 0 Å². The number of carbonyl (C=O) groups excluding carboxylic acids is 1. The summed E-state index contributed by atoms with van der Waals surface area (Å²) in [7, 11) is 0. The molecular weight excluding hydrogens is 207 g/mol. The summed E-state index contributed by atoms with van der Waals surface area (Å²) in [5.41, 5.74) is 1.10. The maximum absolute atomic E-state index is 13.5. The Hall–Kier alpha value is -1.42. The van der Waals surface area contributed by atoms with Crippen LogP contribution in [0.25, 0.3) is 0 Å². The summed E-state index contributed by atoms with van der Waals surface area (Å²) in [4.78, 5) is 11.7. The number of anilines is 1. The van der Waals surface area contributed by atoms with Gasteiger partial charge in [0.05, 0.1) is 11.7 Å². The Labute approximate surface area is 94.0 Å². The van der Waals surface area contributed by atoms with Gasteiger partial charge in [-0.25, -0.2) is 4.39 Å². The number of benzene rings is 1. The van der Waals surface area contributed by atoms with Crippen LogP contribution in [0.4, 0.5) is 10.1 Å². The van der Waals surface area contributed by atoms with Crippen molar-refractivity contribution in [3.05, 3.63) is 29.6 Å². The Kier molecular flexibility index (Phi) is 3.19. The molecule has 0 aliphatic carbocycles. The molecule has 1 amide bonds. The Morgan fingerprint density at radius 3 is 3.00 bits per heavy atom. The molecule has 1 heterocycles. The second kappa shape index (κ2) is 4.61. The van der Waals surface area contributed by atoms with E-state index in [4.69, 9.17) is 0 Å². The van der Waals surface area contributed by atoms with Crippen molar-refractivity contribution >= 4 is 11.6 Å². The summed E-state index contributed by atoms with van der Waals surface area (Å²) in [6.07, 6.45) is 1.81. The fourth-order valence-electron chi connectivity index (χ4n) is 1.85. The van der Waals surface area contributed by atoms with Gasteiger partial charge in [-0.3, -0.25) is 4.79 Å². The molecular formula is C12H15FN2O. The van der Waals surface area contributed by atoms with Crippen LogP contribution >= 0.6 is 0 Å². The van der Waals surface area contributed by atoms with E-state index >= 15 is 0 Å². The zero-order valence-electron chi connectivity index (χ0n) is 9.22. The van der Waals surface area contributed by atoms with Gasteiger partial charge in [0.15, 0.2) is 0 Å². The summed E-state index contributed by atoms with van der Waals surface area (Å²) in [6.45, 7) is 2.67. The highest BCUT2D eigenvalue weighted by Crippen LogP contribution is 2.16. The first-order chi connectivity index (χ1) is 7.66. The van der Waals surface area contributed by atoms with E-state index in [0.717, 1.165) is 24.9 Å². The molecule has 4 heteroatoms. The molecule has 0 saturated carbocycles. The van der Waals surface area contributed by atoms with Crippen LogP contribution in [0.2, 0.25) is 0 Å². The maximum atomic E-state index is 13.5. The molecule has 3 nitrogen and oxygen atoms in total. The summed E-state index contributed by atoms with van der Waals surface area (Å²) >= 11 is 0. The lowest BCUT2D eigenvalue weighted by Crippen LogP contribution is -2.35. The zero-order valence-corrected chi connectivity index (χ0v) is 9.22. The van der Waals surface area contributed by atoms with Crippen LogP contribution in [0.5, 0.6) is 0 Å². The smallest absolute Gasteiger partial charge is 0.241 e. The Morgan fingerprint density at radius 2 is 2.38 bits per heavy atom. The van der Waals surface area contributed by atoms with E-state index in [1.54, 1.807) is 12.1 Å². The molecule has 2 N–H and O–H groups in total. The van der Waals surface area contributed by atoms with Gasteiger partial charge in [-0.2, -0.15) is 0 Å². The second-order valence-corrected chi connectivity index (χ2v) is 4.12. The Morgan fingerprint density at radius 1 is 1.56 bits per heavy atom. The number of hydrogen-bond acceptors (Lipinski definition) is 2. The highest BCUT2D eigenvalue weighted by atomic mass is 19.1. The second-order valence-electron chi connectivity index (χ2n) is 4.12. The molecule has 2 rings (SSSR count). The first-order valence-electron chi connectivity index (χ1n) is 5.47. The fourth-order valence-corrected chi connectivity index (χ4v) is 1.85. The number of halogens is 1. The number of aryl methyl sites for hydroxylation is 1. The zero-order chi connectivity index (χ0) is 11.5. The van der Waals surface area contributed by atoms with Crippen molar-refractivity contribution in [1.29, 1.82) is 0 Å². The van der Waals surface area contributed by atoms with Crippen molar-refractivity contribution in [2.75, 3.05) is 11.9 Å². The van der Waals surface area contributed by atoms with Crippen molar-refractivity contribution in [3.8, 4) is 0 Å². The van der Waals surface area contributed by atoms with Gasteiger partial charge in [0, 0.05) is 0 Å². The first-order valence-corrected chi connectivity index (χ1v) is 5.47. The number of amides is 1. The van der Waals surface area contributed by atoms with Crippen molar-refractivity contribution in [2.24, 2.45) is 0 Å². The Bertz CT molecular complexity index is 400. The SMILES string of the molecule is Cc1ccc(NC(=O)[C@@H]2CCCN2)c(F)c1. The topological polar surface area (TPSA) is 41.1 Å². The summed E-state index contributed by atoms with van der Waals surface area (Å²) in [6, 6.07) is 4.61. The molecule has 86 valence electrons. The molecule has 0 aromatic heterocycles. The van der Waals surface area contributed by atoms with Crippen molar-refractivity contribution in [2.45, 2.75) is 25.8 Å². The van der Waals surface area contributed by atoms with E-state index in [1.807, 2.05) is 6.92 Å². The minimum atomic E-state index is -0.383. The lowest BCUT2D eigenvalue weighted by Gasteiger charge is -2.11. The molecule has 1 aliphatic rings. The predicted octanol–water partition coefficient (Wildman–Crippen LogP) is 1.82. The summed E-state index contributed by atoms with van der Waals surface area (Å²) < 4.78 is 13.5. The first kappa shape index (κ1) is 11.1. The van der Waals surface area contributed by atoms with Crippen molar-refractivity contribution < 1.29 is 9.18 Å². The van der Waals surface area contributed by atoms with Crippen molar-refractivity contribution in [1.82, 2.24) is 5.32 Å². The van der Waals surface area contributed by atoms with Crippen LogP contribution in [0.1, 0.15) is 18.4 Å². The normalized spacial score (nSPS) is 19.8. The van der Waals surface area contributed by atoms with E-state index in [9.17, 15) is 9.18 Å². The monoisotopic (exact) mass is 222 g/mol. The fraction of sp³-hybridized carbons (Fsp3) is 0.417. The number of hydrogen-bond donors (Lipinski definition) is 2. The molecule has 1 aliphatic heterocycles. The van der Waals surface area contributed by atoms with Crippen LogP contribution in [0.15, 0.2) is 18.2 Å². The quantitative estimate of drug-likeness (QED) is 0.801. The lowest BCUT2D eigenvalue weighted by atomic mass is 10.2. The van der Waals surface area contributed by atoms with Gasteiger partial charge in [0.1, 0.15) is 5.82 Å². The van der Waals surface area contributed by atoms with E-state index in [2.05, 4.69) is 10.6 Å². The van der Waals surface area contributed by atoms with E-state index in [0.29, 0.717) is 0 Å². The minimum absolute atomic E-state index is 0.153. The number of rotatable bonds is 2. The van der Waals surface area contributed by atoms with E-state index in [-0.39, 0.29) is 23.5 Å². The van der Waals surface area contributed by atoms with Gasteiger partial charge in [0.2, 0.25) is 5.91 Å². The van der Waals surface area contributed by atoms with Crippen LogP contribution < -0.4 is 10.6 Å².